The Balaban J connectivity index is 1.45. The first-order valence-corrected chi connectivity index (χ1v) is 12.0. The fraction of sp³-hybridized carbons (Fsp3) is 0.714. The van der Waals surface area contributed by atoms with Crippen LogP contribution in [0.5, 0.6) is 0 Å². The van der Waals surface area contributed by atoms with E-state index in [-0.39, 0.29) is 5.41 Å². The third-order valence-electron chi connectivity index (χ3n) is 5.40. The molecule has 0 unspecified atom stereocenters. The van der Waals surface area contributed by atoms with Gasteiger partial charge in [0, 0.05) is 31.5 Å². The molecular formula is C21H35N7OS. The molecule has 0 radical (unpaired) electrons. The first-order chi connectivity index (χ1) is 14.4. The third kappa shape index (κ3) is 5.77. The molecule has 2 aromatic rings. The molecule has 1 fully saturated rings. The predicted octanol–water partition coefficient (Wildman–Crippen LogP) is 3.70. The lowest BCUT2D eigenvalue weighted by molar-refractivity contribution is 0.379. The third-order valence-corrected chi connectivity index (χ3v) is 6.04. The largest absolute Gasteiger partial charge is 0.443 e. The monoisotopic (exact) mass is 433 g/mol. The Morgan fingerprint density at radius 1 is 1.27 bits per heavy atom. The van der Waals surface area contributed by atoms with Crippen LogP contribution in [0, 0.1) is 0 Å². The molecule has 1 aliphatic rings. The summed E-state index contributed by atoms with van der Waals surface area (Å²) in [5, 5.41) is 16.5. The second-order valence-corrected chi connectivity index (χ2v) is 9.51. The summed E-state index contributed by atoms with van der Waals surface area (Å²) in [6.45, 7) is 7.65. The molecule has 0 aliphatic heterocycles. The normalized spacial score (nSPS) is 15.7. The van der Waals surface area contributed by atoms with Gasteiger partial charge in [0.2, 0.25) is 5.89 Å². The maximum Gasteiger partial charge on any atom is 0.213 e. The summed E-state index contributed by atoms with van der Waals surface area (Å²) >= 11 is 1.69. The first kappa shape index (κ1) is 22.7. The van der Waals surface area contributed by atoms with Crippen molar-refractivity contribution < 1.29 is 4.42 Å². The maximum atomic E-state index is 5.82. The Morgan fingerprint density at radius 2 is 2.03 bits per heavy atom. The van der Waals surface area contributed by atoms with Crippen molar-refractivity contribution in [3.05, 3.63) is 23.7 Å². The predicted molar refractivity (Wildman–Crippen MR) is 121 cm³/mol. The van der Waals surface area contributed by atoms with Crippen molar-refractivity contribution in [3.8, 4) is 0 Å². The van der Waals surface area contributed by atoms with Gasteiger partial charge in [0.05, 0.1) is 12.7 Å². The molecule has 9 heteroatoms. The molecule has 0 saturated heterocycles. The van der Waals surface area contributed by atoms with Crippen molar-refractivity contribution in [3.63, 3.8) is 0 Å². The van der Waals surface area contributed by atoms with Crippen molar-refractivity contribution in [2.45, 2.75) is 82.5 Å². The van der Waals surface area contributed by atoms with E-state index in [0.717, 1.165) is 42.1 Å². The van der Waals surface area contributed by atoms with Gasteiger partial charge in [0.1, 0.15) is 11.6 Å². The molecule has 0 spiro atoms. The second kappa shape index (κ2) is 10.3. The molecular weight excluding hydrogens is 398 g/mol. The number of aromatic nitrogens is 4. The van der Waals surface area contributed by atoms with Gasteiger partial charge in [-0.15, -0.1) is 10.2 Å². The number of nitrogens with one attached hydrogen (secondary N) is 2. The Hall–Kier alpha value is -2.03. The van der Waals surface area contributed by atoms with Gasteiger partial charge in [0.15, 0.2) is 11.1 Å². The van der Waals surface area contributed by atoms with Gasteiger partial charge in [-0.1, -0.05) is 45.4 Å². The van der Waals surface area contributed by atoms with Crippen LogP contribution >= 0.6 is 11.8 Å². The average Bonchev–Trinajstić information content (AvgIpc) is 3.46. The summed E-state index contributed by atoms with van der Waals surface area (Å²) in [7, 11) is 1.77. The van der Waals surface area contributed by atoms with E-state index in [1.165, 1.54) is 25.7 Å². The molecule has 0 bridgehead atoms. The van der Waals surface area contributed by atoms with Crippen LogP contribution in [0.3, 0.4) is 0 Å². The fourth-order valence-electron chi connectivity index (χ4n) is 3.72. The van der Waals surface area contributed by atoms with E-state index in [1.54, 1.807) is 25.0 Å². The summed E-state index contributed by atoms with van der Waals surface area (Å²) in [6.07, 6.45) is 10.8. The lowest BCUT2D eigenvalue weighted by atomic mass is 9.94. The minimum atomic E-state index is -0.0413. The number of hydrogen-bond donors (Lipinski definition) is 2. The standard InChI is InChI=1S/C21H35N7OS/c1-21(2,3)16-13-24-18(29-16)14-25-19(22-4)23-12-8-11-17-26-27-20(30-5)28(17)15-9-6-7-10-15/h13,15H,6-12,14H2,1-5H3,(H2,22,23,25). The number of hydrogen-bond acceptors (Lipinski definition) is 6. The average molecular weight is 434 g/mol. The van der Waals surface area contributed by atoms with Crippen LogP contribution in [0.25, 0.3) is 0 Å². The SMILES string of the molecule is CN=C(NCCCc1nnc(SC)n1C1CCCC1)NCc1ncc(C(C)(C)C)o1. The van der Waals surface area contributed by atoms with E-state index in [2.05, 4.69) is 62.4 Å². The van der Waals surface area contributed by atoms with Crippen LogP contribution in [-0.4, -0.2) is 45.6 Å². The van der Waals surface area contributed by atoms with Crippen LogP contribution in [0.4, 0.5) is 0 Å². The number of rotatable bonds is 8. The van der Waals surface area contributed by atoms with Gasteiger partial charge >= 0.3 is 0 Å². The van der Waals surface area contributed by atoms with Crippen LogP contribution < -0.4 is 10.6 Å². The summed E-state index contributed by atoms with van der Waals surface area (Å²) < 4.78 is 8.20. The number of aryl methyl sites for hydroxylation is 1. The van der Waals surface area contributed by atoms with Crippen LogP contribution in [0.15, 0.2) is 20.8 Å². The summed E-state index contributed by atoms with van der Waals surface area (Å²) in [5.41, 5.74) is -0.0413. The lowest BCUT2D eigenvalue weighted by Gasteiger charge is -2.16. The Morgan fingerprint density at radius 3 is 2.67 bits per heavy atom. The van der Waals surface area contributed by atoms with Crippen molar-refractivity contribution >= 4 is 17.7 Å². The van der Waals surface area contributed by atoms with Gasteiger partial charge < -0.3 is 19.6 Å². The van der Waals surface area contributed by atoms with E-state index in [1.807, 2.05) is 0 Å². The van der Waals surface area contributed by atoms with Gasteiger partial charge in [-0.3, -0.25) is 4.99 Å². The highest BCUT2D eigenvalue weighted by Crippen LogP contribution is 2.33. The zero-order chi connectivity index (χ0) is 21.6. The topological polar surface area (TPSA) is 93.2 Å². The number of aliphatic imine (C=N–C) groups is 1. The number of thioether (sulfide) groups is 1. The summed E-state index contributed by atoms with van der Waals surface area (Å²) in [6, 6.07) is 0.568. The fourth-order valence-corrected chi connectivity index (χ4v) is 4.29. The van der Waals surface area contributed by atoms with Crippen LogP contribution in [-0.2, 0) is 18.4 Å². The molecule has 8 nitrogen and oxygen atoms in total. The highest BCUT2D eigenvalue weighted by atomic mass is 32.2. The molecule has 166 valence electrons. The molecule has 0 amide bonds. The molecule has 30 heavy (non-hydrogen) atoms. The number of nitrogens with zero attached hydrogens (tertiary/aromatic N) is 5. The van der Waals surface area contributed by atoms with Crippen LogP contribution in [0.1, 0.15) is 76.4 Å². The highest BCUT2D eigenvalue weighted by molar-refractivity contribution is 7.98. The minimum absolute atomic E-state index is 0.0413. The Kier molecular flexibility index (Phi) is 7.80. The smallest absolute Gasteiger partial charge is 0.213 e. The van der Waals surface area contributed by atoms with E-state index in [0.29, 0.717) is 18.5 Å². The van der Waals surface area contributed by atoms with E-state index in [4.69, 9.17) is 4.42 Å². The van der Waals surface area contributed by atoms with Gasteiger partial charge in [-0.2, -0.15) is 0 Å². The van der Waals surface area contributed by atoms with E-state index >= 15 is 0 Å². The number of oxazole rings is 1. The molecule has 2 N–H and O–H groups in total. The maximum absolute atomic E-state index is 5.82. The van der Waals surface area contributed by atoms with Crippen molar-refractivity contribution in [2.24, 2.45) is 4.99 Å². The van der Waals surface area contributed by atoms with Crippen molar-refractivity contribution in [1.82, 2.24) is 30.4 Å². The summed E-state index contributed by atoms with van der Waals surface area (Å²) in [5.74, 6) is 3.40. The molecule has 0 aromatic carbocycles. The highest BCUT2D eigenvalue weighted by Gasteiger charge is 2.23. The molecule has 1 aliphatic carbocycles. The number of guanidine groups is 1. The van der Waals surface area contributed by atoms with Gasteiger partial charge in [0.25, 0.3) is 0 Å². The molecule has 0 atom stereocenters. The van der Waals surface area contributed by atoms with E-state index in [9.17, 15) is 0 Å². The van der Waals surface area contributed by atoms with Gasteiger partial charge in [-0.25, -0.2) is 4.98 Å². The Bertz CT molecular complexity index is 831. The molecule has 2 aromatic heterocycles. The molecule has 2 heterocycles. The quantitative estimate of drug-likeness (QED) is 0.284. The van der Waals surface area contributed by atoms with Crippen LogP contribution in [0.2, 0.25) is 0 Å². The zero-order valence-electron chi connectivity index (χ0n) is 18.9. The minimum Gasteiger partial charge on any atom is -0.443 e. The Labute approximate surface area is 183 Å². The zero-order valence-corrected chi connectivity index (χ0v) is 19.7. The first-order valence-electron chi connectivity index (χ1n) is 10.8. The molecule has 1 saturated carbocycles. The van der Waals surface area contributed by atoms with E-state index < -0.39 is 0 Å². The lowest BCUT2D eigenvalue weighted by Crippen LogP contribution is -2.37. The van der Waals surface area contributed by atoms with Crippen molar-refractivity contribution in [1.29, 1.82) is 0 Å². The molecule has 3 rings (SSSR count). The van der Waals surface area contributed by atoms with Gasteiger partial charge in [-0.05, 0) is 25.5 Å². The summed E-state index contributed by atoms with van der Waals surface area (Å²) in [4.78, 5) is 8.64. The second-order valence-electron chi connectivity index (χ2n) is 8.74. The van der Waals surface area contributed by atoms with Crippen molar-refractivity contribution in [2.75, 3.05) is 19.8 Å².